The fraction of sp³-hybridized carbons (Fsp3) is 0.381. The van der Waals surface area contributed by atoms with Crippen molar-refractivity contribution in [3.63, 3.8) is 0 Å². The minimum absolute atomic E-state index is 0.135. The van der Waals surface area contributed by atoms with Gasteiger partial charge in [-0.25, -0.2) is 9.18 Å². The number of likely N-dealkylation sites (tertiary alicyclic amines) is 1. The van der Waals surface area contributed by atoms with Crippen LogP contribution in [0.5, 0.6) is 0 Å². The Kier molecular flexibility index (Phi) is 6.23. The zero-order valence-electron chi connectivity index (χ0n) is 15.2. The molecule has 4 nitrogen and oxygen atoms in total. The first kappa shape index (κ1) is 18.4. The monoisotopic (exact) mass is 355 g/mol. The van der Waals surface area contributed by atoms with Gasteiger partial charge < -0.3 is 10.6 Å². The Morgan fingerprint density at radius 2 is 1.81 bits per heavy atom. The van der Waals surface area contributed by atoms with Crippen molar-refractivity contribution in [3.05, 3.63) is 65.5 Å². The zero-order valence-corrected chi connectivity index (χ0v) is 15.2. The van der Waals surface area contributed by atoms with Crippen molar-refractivity contribution in [1.82, 2.24) is 10.2 Å². The van der Waals surface area contributed by atoms with Crippen LogP contribution in [0.2, 0.25) is 0 Å². The third-order valence-electron chi connectivity index (χ3n) is 4.92. The molecular formula is C21H26FN3O. The van der Waals surface area contributed by atoms with Crippen LogP contribution in [0, 0.1) is 18.7 Å². The smallest absolute Gasteiger partial charge is 0.319 e. The lowest BCUT2D eigenvalue weighted by molar-refractivity contribution is 0.174. The molecule has 1 aliphatic rings. The van der Waals surface area contributed by atoms with E-state index in [2.05, 4.69) is 15.5 Å². The number of anilines is 1. The number of piperidine rings is 1. The quantitative estimate of drug-likeness (QED) is 0.845. The molecule has 26 heavy (non-hydrogen) atoms. The van der Waals surface area contributed by atoms with E-state index >= 15 is 0 Å². The second-order valence-electron chi connectivity index (χ2n) is 7.01. The molecule has 1 fully saturated rings. The van der Waals surface area contributed by atoms with E-state index in [1.165, 1.54) is 6.07 Å². The molecule has 2 amide bonds. The van der Waals surface area contributed by atoms with Gasteiger partial charge in [0.15, 0.2) is 0 Å². The molecule has 3 rings (SSSR count). The number of hydrogen-bond acceptors (Lipinski definition) is 2. The second-order valence-corrected chi connectivity index (χ2v) is 7.01. The minimum Gasteiger partial charge on any atom is -0.338 e. The molecule has 2 aromatic carbocycles. The maximum absolute atomic E-state index is 13.8. The molecule has 0 aliphatic carbocycles. The molecule has 0 saturated carbocycles. The van der Waals surface area contributed by atoms with E-state index < -0.39 is 0 Å². The van der Waals surface area contributed by atoms with Gasteiger partial charge in [-0.15, -0.1) is 0 Å². The van der Waals surface area contributed by atoms with Crippen LogP contribution in [0.4, 0.5) is 14.9 Å². The number of urea groups is 1. The summed E-state index contributed by atoms with van der Waals surface area (Å²) in [5.41, 5.74) is 2.72. The first-order valence-corrected chi connectivity index (χ1v) is 9.17. The SMILES string of the molecule is Cc1ccc(NC(=O)NCC2CCN(Cc3ccccc3F)CC2)cc1. The summed E-state index contributed by atoms with van der Waals surface area (Å²) in [7, 11) is 0. The number of nitrogens with one attached hydrogen (secondary N) is 2. The molecule has 0 unspecified atom stereocenters. The maximum atomic E-state index is 13.8. The van der Waals surface area contributed by atoms with Crippen LogP contribution in [0.1, 0.15) is 24.0 Å². The molecule has 138 valence electrons. The van der Waals surface area contributed by atoms with Gasteiger partial charge >= 0.3 is 6.03 Å². The number of benzene rings is 2. The molecule has 0 aromatic heterocycles. The average Bonchev–Trinajstić information content (AvgIpc) is 2.65. The topological polar surface area (TPSA) is 44.4 Å². The Labute approximate surface area is 154 Å². The van der Waals surface area contributed by atoms with Crippen LogP contribution in [0.3, 0.4) is 0 Å². The Balaban J connectivity index is 1.38. The lowest BCUT2D eigenvalue weighted by Crippen LogP contribution is -2.39. The molecule has 1 saturated heterocycles. The summed E-state index contributed by atoms with van der Waals surface area (Å²) in [6, 6.07) is 14.5. The number of carbonyl (C=O) groups excluding carboxylic acids is 1. The minimum atomic E-state index is -0.164. The lowest BCUT2D eigenvalue weighted by Gasteiger charge is -2.32. The van der Waals surface area contributed by atoms with Crippen molar-refractivity contribution in [2.24, 2.45) is 5.92 Å². The normalized spacial score (nSPS) is 15.6. The van der Waals surface area contributed by atoms with Crippen molar-refractivity contribution in [2.45, 2.75) is 26.3 Å². The molecule has 0 radical (unpaired) electrons. The highest BCUT2D eigenvalue weighted by Gasteiger charge is 2.20. The van der Waals surface area contributed by atoms with Crippen molar-refractivity contribution in [2.75, 3.05) is 25.0 Å². The summed E-state index contributed by atoms with van der Waals surface area (Å²) in [5.74, 6) is 0.333. The van der Waals surface area contributed by atoms with Gasteiger partial charge in [0.05, 0.1) is 0 Å². The number of hydrogen-bond donors (Lipinski definition) is 2. The third kappa shape index (κ3) is 5.30. The largest absolute Gasteiger partial charge is 0.338 e. The molecule has 1 aliphatic heterocycles. The zero-order chi connectivity index (χ0) is 18.4. The second kappa shape index (κ2) is 8.81. The summed E-state index contributed by atoms with van der Waals surface area (Å²) < 4.78 is 13.8. The van der Waals surface area contributed by atoms with Crippen LogP contribution in [-0.2, 0) is 6.54 Å². The van der Waals surface area contributed by atoms with Gasteiger partial charge in [0, 0.05) is 24.3 Å². The van der Waals surface area contributed by atoms with Crippen LogP contribution >= 0.6 is 0 Å². The number of nitrogens with zero attached hydrogens (tertiary/aromatic N) is 1. The Morgan fingerprint density at radius 1 is 1.12 bits per heavy atom. The summed E-state index contributed by atoms with van der Waals surface area (Å²) in [6.45, 7) is 5.20. The van der Waals surface area contributed by atoms with E-state index in [4.69, 9.17) is 0 Å². The van der Waals surface area contributed by atoms with Crippen LogP contribution in [0.25, 0.3) is 0 Å². The van der Waals surface area contributed by atoms with Crippen molar-refractivity contribution < 1.29 is 9.18 Å². The average molecular weight is 355 g/mol. The standard InChI is InChI=1S/C21H26FN3O/c1-16-6-8-19(9-7-16)24-21(26)23-14-17-10-12-25(13-11-17)15-18-4-2-3-5-20(18)22/h2-9,17H,10-15H2,1H3,(H2,23,24,26). The maximum Gasteiger partial charge on any atom is 0.319 e. The lowest BCUT2D eigenvalue weighted by atomic mass is 9.96. The van der Waals surface area contributed by atoms with Crippen molar-refractivity contribution in [3.8, 4) is 0 Å². The Morgan fingerprint density at radius 3 is 2.50 bits per heavy atom. The molecule has 0 bridgehead atoms. The van der Waals surface area contributed by atoms with E-state index in [1.807, 2.05) is 43.3 Å². The van der Waals surface area contributed by atoms with Crippen LogP contribution in [0.15, 0.2) is 48.5 Å². The molecular weight excluding hydrogens is 329 g/mol. The molecule has 2 aromatic rings. The van der Waals surface area contributed by atoms with Gasteiger partial charge in [-0.2, -0.15) is 0 Å². The van der Waals surface area contributed by atoms with Gasteiger partial charge in [0.1, 0.15) is 5.82 Å². The van der Waals surface area contributed by atoms with E-state index in [9.17, 15) is 9.18 Å². The van der Waals surface area contributed by atoms with E-state index in [0.717, 1.165) is 42.7 Å². The molecule has 0 atom stereocenters. The predicted molar refractivity (Wildman–Crippen MR) is 103 cm³/mol. The Hall–Kier alpha value is -2.40. The van der Waals surface area contributed by atoms with Gasteiger partial charge in [-0.3, -0.25) is 4.90 Å². The fourth-order valence-corrected chi connectivity index (χ4v) is 3.27. The van der Waals surface area contributed by atoms with Gasteiger partial charge in [-0.1, -0.05) is 35.9 Å². The van der Waals surface area contributed by atoms with E-state index in [1.54, 1.807) is 6.07 Å². The molecule has 1 heterocycles. The predicted octanol–water partition coefficient (Wildman–Crippen LogP) is 4.17. The van der Waals surface area contributed by atoms with Gasteiger partial charge in [-0.05, 0) is 57.0 Å². The van der Waals surface area contributed by atoms with Gasteiger partial charge in [0.25, 0.3) is 0 Å². The Bertz CT molecular complexity index is 724. The number of aryl methyl sites for hydroxylation is 1. The number of halogens is 1. The van der Waals surface area contributed by atoms with Crippen molar-refractivity contribution in [1.29, 1.82) is 0 Å². The highest BCUT2D eigenvalue weighted by Crippen LogP contribution is 2.19. The fourth-order valence-electron chi connectivity index (χ4n) is 3.27. The highest BCUT2D eigenvalue weighted by atomic mass is 19.1. The summed E-state index contributed by atoms with van der Waals surface area (Å²) >= 11 is 0. The van der Waals surface area contributed by atoms with E-state index in [0.29, 0.717) is 19.0 Å². The first-order chi connectivity index (χ1) is 12.6. The summed E-state index contributed by atoms with van der Waals surface area (Å²) in [6.07, 6.45) is 2.03. The first-order valence-electron chi connectivity index (χ1n) is 9.17. The van der Waals surface area contributed by atoms with E-state index in [-0.39, 0.29) is 11.8 Å². The molecule has 5 heteroatoms. The third-order valence-corrected chi connectivity index (χ3v) is 4.92. The van der Waals surface area contributed by atoms with Gasteiger partial charge in [0.2, 0.25) is 0 Å². The molecule has 0 spiro atoms. The van der Waals surface area contributed by atoms with Crippen molar-refractivity contribution >= 4 is 11.7 Å². The van der Waals surface area contributed by atoms with Crippen LogP contribution < -0.4 is 10.6 Å². The molecule has 2 N–H and O–H groups in total. The highest BCUT2D eigenvalue weighted by molar-refractivity contribution is 5.89. The van der Waals surface area contributed by atoms with Crippen LogP contribution in [-0.4, -0.2) is 30.6 Å². The number of amides is 2. The summed E-state index contributed by atoms with van der Waals surface area (Å²) in [5, 5.41) is 5.81. The number of rotatable bonds is 5. The number of carbonyl (C=O) groups is 1. The summed E-state index contributed by atoms with van der Waals surface area (Å²) in [4.78, 5) is 14.3.